The molecule has 4 heteroatoms. The van der Waals surface area contributed by atoms with E-state index in [1.165, 1.54) is 32.8 Å². The van der Waals surface area contributed by atoms with Gasteiger partial charge in [-0.3, -0.25) is 9.59 Å². The molecular formula is C23H34O4. The van der Waals surface area contributed by atoms with Crippen molar-refractivity contribution in [3.8, 4) is 0 Å². The molecule has 0 saturated heterocycles. The molecule has 0 aromatic rings. The van der Waals surface area contributed by atoms with Gasteiger partial charge < -0.3 is 9.47 Å². The van der Waals surface area contributed by atoms with E-state index in [0.29, 0.717) is 19.4 Å². The molecule has 0 spiro atoms. The number of fused-ring (bicyclic) bond motifs is 4. The van der Waals surface area contributed by atoms with Crippen LogP contribution in [0.4, 0.5) is 0 Å². The molecule has 27 heavy (non-hydrogen) atoms. The van der Waals surface area contributed by atoms with Crippen LogP contribution < -0.4 is 0 Å². The van der Waals surface area contributed by atoms with Crippen LogP contribution in [-0.2, 0) is 19.1 Å². The van der Waals surface area contributed by atoms with Gasteiger partial charge in [-0.15, -0.1) is 0 Å². The number of hydrogen-bond acceptors (Lipinski definition) is 4. The quantitative estimate of drug-likeness (QED) is 0.479. The van der Waals surface area contributed by atoms with Gasteiger partial charge in [0.05, 0.1) is 13.7 Å². The van der Waals surface area contributed by atoms with Gasteiger partial charge in [-0.2, -0.15) is 0 Å². The van der Waals surface area contributed by atoms with Crippen LogP contribution in [0.25, 0.3) is 0 Å². The molecule has 0 amide bonds. The van der Waals surface area contributed by atoms with Crippen molar-refractivity contribution >= 4 is 11.9 Å². The van der Waals surface area contributed by atoms with E-state index in [4.69, 9.17) is 4.74 Å². The van der Waals surface area contributed by atoms with Crippen molar-refractivity contribution in [2.45, 2.75) is 58.3 Å². The van der Waals surface area contributed by atoms with Crippen molar-refractivity contribution in [1.29, 1.82) is 0 Å². The van der Waals surface area contributed by atoms with Crippen molar-refractivity contribution in [2.24, 2.45) is 35.5 Å². The number of methoxy groups -OCH3 is 1. The maximum Gasteiger partial charge on any atom is 0.305 e. The normalized spacial score (nSPS) is 34.4. The molecule has 4 aliphatic rings. The molecule has 6 atom stereocenters. The highest BCUT2D eigenvalue weighted by Crippen LogP contribution is 2.46. The number of ether oxygens (including phenoxy) is 2. The summed E-state index contributed by atoms with van der Waals surface area (Å²) in [6.45, 7) is 2.37. The summed E-state index contributed by atoms with van der Waals surface area (Å²) in [5.74, 6) is 4.54. The maximum atomic E-state index is 11.2. The van der Waals surface area contributed by atoms with E-state index in [-0.39, 0.29) is 11.9 Å². The predicted octanol–water partition coefficient (Wildman–Crippen LogP) is 4.69. The predicted molar refractivity (Wildman–Crippen MR) is 105 cm³/mol. The first-order valence-corrected chi connectivity index (χ1v) is 10.7. The second-order valence-corrected chi connectivity index (χ2v) is 8.54. The zero-order valence-electron chi connectivity index (χ0n) is 16.8. The zero-order valence-corrected chi connectivity index (χ0v) is 16.8. The fourth-order valence-electron chi connectivity index (χ4n) is 5.39. The van der Waals surface area contributed by atoms with Crippen LogP contribution in [0.3, 0.4) is 0 Å². The van der Waals surface area contributed by atoms with Gasteiger partial charge in [0.1, 0.15) is 0 Å². The molecule has 150 valence electrons. The first-order valence-electron chi connectivity index (χ1n) is 10.7. The first kappa shape index (κ1) is 20.2. The smallest absolute Gasteiger partial charge is 0.305 e. The fourth-order valence-corrected chi connectivity index (χ4v) is 5.39. The topological polar surface area (TPSA) is 52.6 Å². The van der Waals surface area contributed by atoms with Gasteiger partial charge in [0.15, 0.2) is 0 Å². The second-order valence-electron chi connectivity index (χ2n) is 8.54. The summed E-state index contributed by atoms with van der Waals surface area (Å²) in [7, 11) is 1.46. The molecule has 4 aliphatic carbocycles. The third kappa shape index (κ3) is 5.46. The second kappa shape index (κ2) is 9.57. The summed E-state index contributed by atoms with van der Waals surface area (Å²) in [5.41, 5.74) is 0. The SMILES string of the molecule is CCOC(=O)CCC1CC2C=CC1C2.COC(=O)CCC1CC2C=CC1C2. The van der Waals surface area contributed by atoms with Crippen LogP contribution >= 0.6 is 0 Å². The number of hydrogen-bond donors (Lipinski definition) is 0. The van der Waals surface area contributed by atoms with Crippen LogP contribution in [0, 0.1) is 35.5 Å². The molecule has 4 rings (SSSR count). The van der Waals surface area contributed by atoms with Gasteiger partial charge in [-0.1, -0.05) is 24.3 Å². The molecule has 0 aromatic carbocycles. The van der Waals surface area contributed by atoms with Crippen LogP contribution in [0.15, 0.2) is 24.3 Å². The van der Waals surface area contributed by atoms with Crippen molar-refractivity contribution in [2.75, 3.05) is 13.7 Å². The highest BCUT2D eigenvalue weighted by atomic mass is 16.5. The molecule has 0 N–H and O–H groups in total. The average Bonchev–Trinajstić information content (AvgIpc) is 3.46. The number of allylic oxidation sites excluding steroid dienone is 4. The van der Waals surface area contributed by atoms with E-state index in [0.717, 1.165) is 48.3 Å². The Hall–Kier alpha value is -1.58. The van der Waals surface area contributed by atoms with Crippen LogP contribution in [-0.4, -0.2) is 25.7 Å². The largest absolute Gasteiger partial charge is 0.469 e. The maximum absolute atomic E-state index is 11.2. The van der Waals surface area contributed by atoms with E-state index in [1.54, 1.807) is 0 Å². The average molecular weight is 375 g/mol. The highest BCUT2D eigenvalue weighted by molar-refractivity contribution is 5.69. The van der Waals surface area contributed by atoms with Gasteiger partial charge in [0.25, 0.3) is 0 Å². The van der Waals surface area contributed by atoms with E-state index in [9.17, 15) is 9.59 Å². The summed E-state index contributed by atoms with van der Waals surface area (Å²) >= 11 is 0. The molecule has 0 aliphatic heterocycles. The van der Waals surface area contributed by atoms with Crippen molar-refractivity contribution in [1.82, 2.24) is 0 Å². The van der Waals surface area contributed by atoms with Gasteiger partial charge in [-0.25, -0.2) is 0 Å². The van der Waals surface area contributed by atoms with Crippen LogP contribution in [0.2, 0.25) is 0 Å². The summed E-state index contributed by atoms with van der Waals surface area (Å²) < 4.78 is 9.56. The molecule has 2 fully saturated rings. The lowest BCUT2D eigenvalue weighted by Gasteiger charge is -2.16. The standard InChI is InChI=1S/C12H18O2.C11H16O2/c1-2-14-12(13)6-5-11-8-9-3-4-10(11)7-9;1-13-11(12)5-4-10-7-8-2-3-9(10)6-8/h3-4,9-11H,2,5-8H2,1H3;2-3,8-10H,4-7H2,1H3. The van der Waals surface area contributed by atoms with Crippen molar-refractivity contribution in [3.63, 3.8) is 0 Å². The Bertz CT molecular complexity index is 579. The lowest BCUT2D eigenvalue weighted by molar-refractivity contribution is -0.143. The van der Waals surface area contributed by atoms with Gasteiger partial charge in [0.2, 0.25) is 0 Å². The molecule has 0 radical (unpaired) electrons. The Kier molecular flexibility index (Phi) is 7.14. The number of esters is 2. The Morgan fingerprint density at radius 3 is 1.70 bits per heavy atom. The minimum atomic E-state index is -0.0632. The van der Waals surface area contributed by atoms with Crippen LogP contribution in [0.1, 0.15) is 58.3 Å². The van der Waals surface area contributed by atoms with E-state index in [2.05, 4.69) is 29.0 Å². The molecule has 0 heterocycles. The zero-order chi connectivity index (χ0) is 19.2. The van der Waals surface area contributed by atoms with E-state index < -0.39 is 0 Å². The number of carbonyl (C=O) groups is 2. The minimum absolute atomic E-state index is 0.0285. The summed E-state index contributed by atoms with van der Waals surface area (Å²) in [6.07, 6.45) is 17.8. The van der Waals surface area contributed by atoms with E-state index >= 15 is 0 Å². The highest BCUT2D eigenvalue weighted by Gasteiger charge is 2.36. The molecule has 6 unspecified atom stereocenters. The third-order valence-electron chi connectivity index (χ3n) is 6.80. The summed E-state index contributed by atoms with van der Waals surface area (Å²) in [6, 6.07) is 0. The van der Waals surface area contributed by atoms with Crippen molar-refractivity contribution in [3.05, 3.63) is 24.3 Å². The monoisotopic (exact) mass is 374 g/mol. The van der Waals surface area contributed by atoms with Gasteiger partial charge >= 0.3 is 11.9 Å². The van der Waals surface area contributed by atoms with Gasteiger partial charge in [0, 0.05) is 12.8 Å². The Morgan fingerprint density at radius 2 is 1.33 bits per heavy atom. The van der Waals surface area contributed by atoms with Gasteiger partial charge in [-0.05, 0) is 81.0 Å². The molecule has 2 saturated carbocycles. The van der Waals surface area contributed by atoms with Crippen LogP contribution in [0.5, 0.6) is 0 Å². The Balaban J connectivity index is 0.000000156. The third-order valence-corrected chi connectivity index (χ3v) is 6.80. The molecular weight excluding hydrogens is 340 g/mol. The number of carbonyl (C=O) groups excluding carboxylic acids is 2. The first-order chi connectivity index (χ1) is 13.1. The Labute approximate surface area is 163 Å². The molecule has 4 bridgehead atoms. The summed E-state index contributed by atoms with van der Waals surface area (Å²) in [5, 5.41) is 0. The molecule has 0 aromatic heterocycles. The lowest BCUT2D eigenvalue weighted by Crippen LogP contribution is -2.11. The Morgan fingerprint density at radius 1 is 0.815 bits per heavy atom. The fraction of sp³-hybridized carbons (Fsp3) is 0.739. The number of rotatable bonds is 7. The molecule has 4 nitrogen and oxygen atoms in total. The summed E-state index contributed by atoms with van der Waals surface area (Å²) in [4.78, 5) is 22.1. The lowest BCUT2D eigenvalue weighted by atomic mass is 9.89. The minimum Gasteiger partial charge on any atom is -0.469 e. The van der Waals surface area contributed by atoms with Crippen molar-refractivity contribution < 1.29 is 19.1 Å². The van der Waals surface area contributed by atoms with E-state index in [1.807, 2.05) is 6.92 Å².